The van der Waals surface area contributed by atoms with Crippen LogP contribution in [0.15, 0.2) is 66.2 Å². The first-order valence-electron chi connectivity index (χ1n) is 12.9. The Hall–Kier alpha value is -2.96. The van der Waals surface area contributed by atoms with Gasteiger partial charge in [-0.1, -0.05) is 56.7 Å². The van der Waals surface area contributed by atoms with Gasteiger partial charge >= 0.3 is 0 Å². The molecule has 2 aromatic carbocycles. The smallest absolute Gasteiger partial charge is 0.140 e. The van der Waals surface area contributed by atoms with Crippen LogP contribution in [0.1, 0.15) is 48.8 Å². The van der Waals surface area contributed by atoms with E-state index in [-0.39, 0.29) is 5.82 Å². The molecule has 1 aromatic heterocycles. The molecule has 0 aliphatic carbocycles. The number of fused-ring (bicyclic) bond motifs is 2. The van der Waals surface area contributed by atoms with E-state index in [9.17, 15) is 4.39 Å². The van der Waals surface area contributed by atoms with E-state index < -0.39 is 0 Å². The van der Waals surface area contributed by atoms with Crippen LogP contribution in [-0.2, 0) is 12.8 Å². The molecule has 0 unspecified atom stereocenters. The summed E-state index contributed by atoms with van der Waals surface area (Å²) in [6.07, 6.45) is 5.02. The molecule has 3 aromatic rings. The average molecular weight is 507 g/mol. The van der Waals surface area contributed by atoms with Gasteiger partial charge in [-0.15, -0.1) is 17.9 Å². The van der Waals surface area contributed by atoms with Crippen molar-refractivity contribution in [2.24, 2.45) is 4.99 Å². The fourth-order valence-electron chi connectivity index (χ4n) is 4.27. The molecule has 1 saturated heterocycles. The number of aliphatic imine (C=N–C) groups is 1. The van der Waals surface area contributed by atoms with Gasteiger partial charge in [0.1, 0.15) is 16.7 Å². The van der Waals surface area contributed by atoms with Crippen molar-refractivity contribution in [2.45, 2.75) is 47.0 Å². The summed E-state index contributed by atoms with van der Waals surface area (Å²) >= 11 is 1.75. The second-order valence-electron chi connectivity index (χ2n) is 8.80. The van der Waals surface area contributed by atoms with Gasteiger partial charge in [-0.25, -0.2) is 9.38 Å². The van der Waals surface area contributed by atoms with Gasteiger partial charge in [0.05, 0.1) is 16.9 Å². The molecule has 4 nitrogen and oxygen atoms in total. The number of amidine groups is 1. The van der Waals surface area contributed by atoms with Crippen LogP contribution in [0.25, 0.3) is 0 Å². The first-order valence-corrected chi connectivity index (χ1v) is 13.7. The van der Waals surface area contributed by atoms with Gasteiger partial charge in [0.15, 0.2) is 0 Å². The van der Waals surface area contributed by atoms with Crippen LogP contribution in [-0.4, -0.2) is 36.9 Å². The van der Waals surface area contributed by atoms with E-state index in [1.807, 2.05) is 13.0 Å². The second-order valence-corrected chi connectivity index (χ2v) is 10.0. The van der Waals surface area contributed by atoms with Crippen LogP contribution in [0.2, 0.25) is 0 Å². The molecule has 6 heteroatoms. The summed E-state index contributed by atoms with van der Waals surface area (Å²) in [5.41, 5.74) is 5.55. The maximum atomic E-state index is 13.8. The molecule has 36 heavy (non-hydrogen) atoms. The molecule has 0 saturated carbocycles. The Labute approximate surface area is 220 Å². The van der Waals surface area contributed by atoms with Crippen molar-refractivity contribution < 1.29 is 4.39 Å². The summed E-state index contributed by atoms with van der Waals surface area (Å²) in [4.78, 5) is 8.68. The third kappa shape index (κ3) is 7.05. The number of hydrogen-bond acceptors (Lipinski definition) is 5. The lowest BCUT2D eigenvalue weighted by molar-refractivity contribution is 0.358. The lowest BCUT2D eigenvalue weighted by atomic mass is 10.0. The van der Waals surface area contributed by atoms with Gasteiger partial charge < -0.3 is 15.5 Å². The van der Waals surface area contributed by atoms with E-state index >= 15 is 0 Å². The van der Waals surface area contributed by atoms with Gasteiger partial charge in [-0.2, -0.15) is 0 Å². The van der Waals surface area contributed by atoms with Crippen molar-refractivity contribution in [1.82, 2.24) is 10.2 Å². The number of piperazine rings is 1. The van der Waals surface area contributed by atoms with E-state index in [4.69, 9.17) is 4.99 Å². The monoisotopic (exact) mass is 506 g/mol. The van der Waals surface area contributed by atoms with Crippen molar-refractivity contribution >= 4 is 33.5 Å². The first kappa shape index (κ1) is 27.6. The van der Waals surface area contributed by atoms with Gasteiger partial charge in [0.2, 0.25) is 0 Å². The van der Waals surface area contributed by atoms with Gasteiger partial charge in [-0.05, 0) is 56.0 Å². The molecule has 0 amide bonds. The standard InChI is InChI=1S/C19H23FN4S.C8H10.C3H6/c1-3-4-14-12(2)25-19-17(14)18(24-9-7-21-8-10-24)22-15-6-5-13(20)11-16(15)23-19;1-2-8-6-4-3-5-7-8;1-3-2/h5-6,11,21,23H,3-4,7-10H2,1-2H3;3-7H,2H2,1H3;3H,1H2,2H3. The minimum absolute atomic E-state index is 0.240. The van der Waals surface area contributed by atoms with E-state index in [0.717, 1.165) is 67.7 Å². The van der Waals surface area contributed by atoms with E-state index in [2.05, 4.69) is 67.1 Å². The number of aryl methyl sites for hydroxylation is 2. The molecular weight excluding hydrogens is 467 g/mol. The third-order valence-electron chi connectivity index (χ3n) is 6.03. The van der Waals surface area contributed by atoms with Gasteiger partial charge in [0, 0.05) is 31.1 Å². The fraction of sp³-hybridized carbons (Fsp3) is 0.367. The molecule has 2 aliphatic heterocycles. The zero-order chi connectivity index (χ0) is 25.9. The number of rotatable bonds is 3. The first-order chi connectivity index (χ1) is 17.5. The minimum atomic E-state index is -0.240. The van der Waals surface area contributed by atoms with E-state index in [0.29, 0.717) is 0 Å². The van der Waals surface area contributed by atoms with Gasteiger partial charge in [-0.3, -0.25) is 0 Å². The quantitative estimate of drug-likeness (QED) is 0.359. The third-order valence-corrected chi connectivity index (χ3v) is 7.10. The Morgan fingerprint density at radius 2 is 1.81 bits per heavy atom. The van der Waals surface area contributed by atoms with Crippen LogP contribution in [0.3, 0.4) is 0 Å². The highest BCUT2D eigenvalue weighted by atomic mass is 32.1. The number of nitrogens with one attached hydrogen (secondary N) is 2. The maximum absolute atomic E-state index is 13.8. The zero-order valence-electron chi connectivity index (χ0n) is 22.0. The van der Waals surface area contributed by atoms with Crippen LogP contribution in [0, 0.1) is 12.7 Å². The molecule has 2 aliphatic rings. The zero-order valence-corrected chi connectivity index (χ0v) is 22.9. The predicted molar refractivity (Wildman–Crippen MR) is 155 cm³/mol. The average Bonchev–Trinajstić information content (AvgIpc) is 3.10. The number of allylic oxidation sites excluding steroid dienone is 1. The van der Waals surface area contributed by atoms with Gasteiger partial charge in [0.25, 0.3) is 0 Å². The highest BCUT2D eigenvalue weighted by Crippen LogP contribution is 2.42. The molecular formula is C30H39FN4S. The SMILES string of the molecule is C=CC.CCCc1c(C)sc2c1C(N1CCNCC1)=Nc1ccc(F)cc1N2.CCc1ccccc1. The number of hydrogen-bond donors (Lipinski definition) is 2. The Kier molecular flexibility index (Phi) is 10.7. The van der Waals surface area contributed by atoms with Crippen molar-refractivity contribution in [3.05, 3.63) is 88.6 Å². The highest BCUT2D eigenvalue weighted by Gasteiger charge is 2.28. The molecule has 0 spiro atoms. The van der Waals surface area contributed by atoms with Crippen LogP contribution in [0.5, 0.6) is 0 Å². The van der Waals surface area contributed by atoms with E-state index in [1.165, 1.54) is 33.7 Å². The Balaban J connectivity index is 0.000000275. The summed E-state index contributed by atoms with van der Waals surface area (Å²) in [5, 5.41) is 7.95. The molecule has 3 heterocycles. The number of thiophene rings is 1. The molecule has 0 bridgehead atoms. The minimum Gasteiger partial charge on any atom is -0.353 e. The maximum Gasteiger partial charge on any atom is 0.140 e. The normalized spacial score (nSPS) is 13.9. The van der Waals surface area contributed by atoms with Crippen molar-refractivity contribution in [1.29, 1.82) is 0 Å². The van der Waals surface area contributed by atoms with Crippen molar-refractivity contribution in [3.8, 4) is 0 Å². The Morgan fingerprint density at radius 1 is 1.11 bits per heavy atom. The Bertz CT molecular complexity index is 1150. The summed E-state index contributed by atoms with van der Waals surface area (Å²) in [6.45, 7) is 15.6. The molecule has 0 radical (unpaired) electrons. The predicted octanol–water partition coefficient (Wildman–Crippen LogP) is 7.63. The lowest BCUT2D eigenvalue weighted by Crippen LogP contribution is -2.46. The summed E-state index contributed by atoms with van der Waals surface area (Å²) < 4.78 is 13.8. The van der Waals surface area contributed by atoms with Crippen molar-refractivity contribution in [2.75, 3.05) is 31.5 Å². The molecule has 0 atom stereocenters. The van der Waals surface area contributed by atoms with E-state index in [1.54, 1.807) is 23.5 Å². The summed E-state index contributed by atoms with van der Waals surface area (Å²) in [5.74, 6) is 0.790. The summed E-state index contributed by atoms with van der Waals surface area (Å²) in [6, 6.07) is 15.2. The van der Waals surface area contributed by atoms with Crippen LogP contribution >= 0.6 is 11.3 Å². The second kappa shape index (κ2) is 14.0. The number of nitrogens with zero attached hydrogens (tertiary/aromatic N) is 2. The van der Waals surface area contributed by atoms with Crippen molar-refractivity contribution in [3.63, 3.8) is 0 Å². The Morgan fingerprint density at radius 3 is 2.42 bits per heavy atom. The fourth-order valence-corrected chi connectivity index (χ4v) is 5.38. The summed E-state index contributed by atoms with van der Waals surface area (Å²) in [7, 11) is 0. The molecule has 5 rings (SSSR count). The number of benzene rings is 2. The lowest BCUT2D eigenvalue weighted by Gasteiger charge is -2.30. The number of anilines is 2. The van der Waals surface area contributed by atoms with Crippen LogP contribution in [0.4, 0.5) is 20.8 Å². The highest BCUT2D eigenvalue weighted by molar-refractivity contribution is 7.16. The molecule has 2 N–H and O–H groups in total. The molecule has 192 valence electrons. The largest absolute Gasteiger partial charge is 0.353 e. The van der Waals surface area contributed by atoms with Crippen LogP contribution < -0.4 is 10.6 Å². The topological polar surface area (TPSA) is 39.7 Å². The number of halogens is 1. The molecule has 1 fully saturated rings.